The van der Waals surface area contributed by atoms with Crippen LogP contribution in [0.15, 0.2) is 36.4 Å². The fraction of sp³-hybridized carbons (Fsp3) is 0.364. The molecule has 0 atom stereocenters. The van der Waals surface area contributed by atoms with Crippen LogP contribution in [0.3, 0.4) is 0 Å². The fourth-order valence-electron chi connectivity index (χ4n) is 3.88. The second-order valence-electron chi connectivity index (χ2n) is 7.59. The number of alkyl halides is 3. The van der Waals surface area contributed by atoms with E-state index in [4.69, 9.17) is 4.74 Å². The van der Waals surface area contributed by atoms with Crippen molar-refractivity contribution in [1.82, 2.24) is 5.32 Å². The van der Waals surface area contributed by atoms with Gasteiger partial charge in [-0.05, 0) is 49.1 Å². The Morgan fingerprint density at radius 3 is 2.65 bits per heavy atom. The molecule has 0 bridgehead atoms. The third kappa shape index (κ3) is 4.60. The van der Waals surface area contributed by atoms with Gasteiger partial charge in [-0.1, -0.05) is 12.1 Å². The SMILES string of the molecule is O=C1COc2c(cccc2C(=O)NCc2ccc(C(F)(F)F)cc2N2CCCCC2)N1. The molecule has 2 aromatic rings. The van der Waals surface area contributed by atoms with E-state index in [1.165, 1.54) is 6.07 Å². The van der Waals surface area contributed by atoms with Gasteiger partial charge in [-0.25, -0.2) is 0 Å². The highest BCUT2D eigenvalue weighted by Gasteiger charge is 2.32. The minimum Gasteiger partial charge on any atom is -0.481 e. The summed E-state index contributed by atoms with van der Waals surface area (Å²) in [5, 5.41) is 5.42. The average Bonchev–Trinajstić information content (AvgIpc) is 2.76. The number of hydrogen-bond acceptors (Lipinski definition) is 4. The van der Waals surface area contributed by atoms with Gasteiger partial charge in [-0.3, -0.25) is 9.59 Å². The standard InChI is InChI=1S/C22H22F3N3O3/c23-22(24,25)15-8-7-14(18(11-15)28-9-2-1-3-10-28)12-26-21(30)16-5-4-6-17-20(16)31-13-19(29)27-17/h4-8,11H,1-3,9-10,12-13H2,(H,26,30)(H,27,29). The van der Waals surface area contributed by atoms with Gasteiger partial charge in [0.15, 0.2) is 12.4 Å². The first-order chi connectivity index (χ1) is 14.8. The third-order valence-corrected chi connectivity index (χ3v) is 5.43. The first kappa shape index (κ1) is 21.0. The van der Waals surface area contributed by atoms with Crippen molar-refractivity contribution >= 4 is 23.2 Å². The van der Waals surface area contributed by atoms with Gasteiger partial charge in [0.1, 0.15) is 0 Å². The monoisotopic (exact) mass is 433 g/mol. The van der Waals surface area contributed by atoms with Crippen LogP contribution in [-0.4, -0.2) is 31.5 Å². The van der Waals surface area contributed by atoms with E-state index in [0.29, 0.717) is 30.0 Å². The highest BCUT2D eigenvalue weighted by molar-refractivity contribution is 6.03. The first-order valence-corrected chi connectivity index (χ1v) is 10.1. The summed E-state index contributed by atoms with van der Waals surface area (Å²) in [7, 11) is 0. The molecular formula is C22H22F3N3O3. The Hall–Kier alpha value is -3.23. The summed E-state index contributed by atoms with van der Waals surface area (Å²) in [6.07, 6.45) is -1.54. The molecule has 0 aliphatic carbocycles. The highest BCUT2D eigenvalue weighted by atomic mass is 19.4. The number of fused-ring (bicyclic) bond motifs is 1. The summed E-state index contributed by atoms with van der Waals surface area (Å²) in [5.74, 6) is -0.457. The van der Waals surface area contributed by atoms with Crippen molar-refractivity contribution in [3.63, 3.8) is 0 Å². The van der Waals surface area contributed by atoms with E-state index in [-0.39, 0.29) is 30.4 Å². The maximum atomic E-state index is 13.3. The largest absolute Gasteiger partial charge is 0.481 e. The smallest absolute Gasteiger partial charge is 0.416 e. The van der Waals surface area contributed by atoms with Crippen LogP contribution in [0.2, 0.25) is 0 Å². The van der Waals surface area contributed by atoms with Gasteiger partial charge in [-0.15, -0.1) is 0 Å². The van der Waals surface area contributed by atoms with Gasteiger partial charge in [0, 0.05) is 25.3 Å². The molecule has 6 nitrogen and oxygen atoms in total. The number of para-hydroxylation sites is 1. The molecule has 0 spiro atoms. The molecule has 2 aliphatic heterocycles. The Bertz CT molecular complexity index is 1000. The molecule has 31 heavy (non-hydrogen) atoms. The minimum atomic E-state index is -4.43. The van der Waals surface area contributed by atoms with E-state index in [0.717, 1.165) is 31.4 Å². The molecule has 0 unspecified atom stereocenters. The van der Waals surface area contributed by atoms with Gasteiger partial charge in [0.05, 0.1) is 16.8 Å². The zero-order valence-electron chi connectivity index (χ0n) is 16.7. The molecule has 164 valence electrons. The van der Waals surface area contributed by atoms with Crippen LogP contribution >= 0.6 is 0 Å². The van der Waals surface area contributed by atoms with Crippen LogP contribution in [0.4, 0.5) is 24.5 Å². The van der Waals surface area contributed by atoms with Crippen LogP contribution in [0, 0.1) is 0 Å². The minimum absolute atomic E-state index is 0.0683. The predicted octanol–water partition coefficient (Wildman–Crippen LogP) is 3.96. The third-order valence-electron chi connectivity index (χ3n) is 5.43. The van der Waals surface area contributed by atoms with E-state index in [1.807, 2.05) is 4.90 Å². The van der Waals surface area contributed by atoms with Crippen molar-refractivity contribution in [3.05, 3.63) is 53.1 Å². The number of piperidine rings is 1. The lowest BCUT2D eigenvalue weighted by molar-refractivity contribution is -0.137. The molecule has 2 aliphatic rings. The molecule has 1 saturated heterocycles. The van der Waals surface area contributed by atoms with E-state index in [1.54, 1.807) is 18.2 Å². The molecule has 2 aromatic carbocycles. The Morgan fingerprint density at radius 2 is 1.90 bits per heavy atom. The number of halogens is 3. The molecule has 0 radical (unpaired) electrons. The van der Waals surface area contributed by atoms with Crippen molar-refractivity contribution in [2.75, 3.05) is 29.9 Å². The number of rotatable bonds is 4. The Kier molecular flexibility index (Phi) is 5.75. The molecule has 2 N–H and O–H groups in total. The lowest BCUT2D eigenvalue weighted by atomic mass is 10.0. The van der Waals surface area contributed by atoms with Crippen molar-refractivity contribution < 1.29 is 27.5 Å². The van der Waals surface area contributed by atoms with Gasteiger partial charge in [-0.2, -0.15) is 13.2 Å². The maximum Gasteiger partial charge on any atom is 0.416 e. The molecule has 0 saturated carbocycles. The van der Waals surface area contributed by atoms with Crippen LogP contribution in [-0.2, 0) is 17.5 Å². The van der Waals surface area contributed by atoms with E-state index in [2.05, 4.69) is 10.6 Å². The number of ether oxygens (including phenoxy) is 1. The summed E-state index contributed by atoms with van der Waals surface area (Å²) in [6, 6.07) is 8.45. The highest BCUT2D eigenvalue weighted by Crippen LogP contribution is 2.35. The zero-order chi connectivity index (χ0) is 22.0. The normalized spacial score (nSPS) is 16.2. The molecule has 4 rings (SSSR count). The second kappa shape index (κ2) is 8.49. The maximum absolute atomic E-state index is 13.3. The summed E-state index contributed by atoms with van der Waals surface area (Å²) >= 11 is 0. The molecule has 2 amide bonds. The van der Waals surface area contributed by atoms with Crippen molar-refractivity contribution in [2.45, 2.75) is 32.0 Å². The van der Waals surface area contributed by atoms with Crippen LogP contribution < -0.4 is 20.3 Å². The Labute approximate surface area is 177 Å². The molecule has 2 heterocycles. The van der Waals surface area contributed by atoms with E-state index in [9.17, 15) is 22.8 Å². The zero-order valence-corrected chi connectivity index (χ0v) is 16.7. The number of nitrogens with one attached hydrogen (secondary N) is 2. The summed E-state index contributed by atoms with van der Waals surface area (Å²) in [6.45, 7) is 1.25. The van der Waals surface area contributed by atoms with E-state index < -0.39 is 17.6 Å². The molecular weight excluding hydrogens is 411 g/mol. The van der Waals surface area contributed by atoms with E-state index >= 15 is 0 Å². The van der Waals surface area contributed by atoms with Gasteiger partial charge in [0.25, 0.3) is 11.8 Å². The number of hydrogen-bond donors (Lipinski definition) is 2. The van der Waals surface area contributed by atoms with Crippen LogP contribution in [0.25, 0.3) is 0 Å². The van der Waals surface area contributed by atoms with Crippen LogP contribution in [0.5, 0.6) is 5.75 Å². The summed E-state index contributed by atoms with van der Waals surface area (Å²) in [4.78, 5) is 26.2. The van der Waals surface area contributed by atoms with Crippen molar-refractivity contribution in [1.29, 1.82) is 0 Å². The molecule has 0 aromatic heterocycles. The first-order valence-electron chi connectivity index (χ1n) is 10.1. The lowest BCUT2D eigenvalue weighted by Gasteiger charge is -2.31. The fourth-order valence-corrected chi connectivity index (χ4v) is 3.88. The summed E-state index contributed by atoms with van der Waals surface area (Å²) < 4.78 is 45.2. The average molecular weight is 433 g/mol. The number of benzene rings is 2. The van der Waals surface area contributed by atoms with Gasteiger partial charge < -0.3 is 20.3 Å². The van der Waals surface area contributed by atoms with Gasteiger partial charge in [0.2, 0.25) is 0 Å². The van der Waals surface area contributed by atoms with Gasteiger partial charge >= 0.3 is 6.18 Å². The number of carbonyl (C=O) groups excluding carboxylic acids is 2. The predicted molar refractivity (Wildman–Crippen MR) is 109 cm³/mol. The molecule has 1 fully saturated rings. The quantitative estimate of drug-likeness (QED) is 0.766. The van der Waals surface area contributed by atoms with Crippen LogP contribution in [0.1, 0.15) is 40.7 Å². The number of anilines is 2. The van der Waals surface area contributed by atoms with Crippen molar-refractivity contribution in [3.8, 4) is 5.75 Å². The number of amides is 2. The number of carbonyl (C=O) groups is 2. The topological polar surface area (TPSA) is 70.7 Å². The lowest BCUT2D eigenvalue weighted by Crippen LogP contribution is -2.32. The van der Waals surface area contributed by atoms with Crippen molar-refractivity contribution in [2.24, 2.45) is 0 Å². The number of nitrogens with zero attached hydrogens (tertiary/aromatic N) is 1. The molecule has 9 heteroatoms. The second-order valence-corrected chi connectivity index (χ2v) is 7.59. The Morgan fingerprint density at radius 1 is 1.13 bits per heavy atom. The Balaban J connectivity index is 1.56. The summed E-state index contributed by atoms with van der Waals surface area (Å²) in [5.41, 5.74) is 1.07.